The van der Waals surface area contributed by atoms with Gasteiger partial charge in [-0.15, -0.1) is 5.10 Å². The van der Waals surface area contributed by atoms with Crippen molar-refractivity contribution in [1.82, 2.24) is 5.43 Å². The lowest BCUT2D eigenvalue weighted by Crippen LogP contribution is -2.35. The lowest BCUT2D eigenvalue weighted by atomic mass is 10.2. The van der Waals surface area contributed by atoms with Crippen molar-refractivity contribution in [3.05, 3.63) is 29.8 Å². The predicted octanol–water partition coefficient (Wildman–Crippen LogP) is 1.15. The number of hydrogen-bond donors (Lipinski definition) is 2. The van der Waals surface area contributed by atoms with E-state index < -0.39 is 17.1 Å². The van der Waals surface area contributed by atoms with E-state index in [1.165, 1.54) is 0 Å². The number of carboxylic acids is 1. The number of carbonyl (C=O) groups excluding carboxylic acids is 1. The van der Waals surface area contributed by atoms with Crippen LogP contribution in [0.15, 0.2) is 34.4 Å². The van der Waals surface area contributed by atoms with Gasteiger partial charge in [0.05, 0.1) is 6.42 Å². The number of amides is 1. The molecule has 0 saturated heterocycles. The van der Waals surface area contributed by atoms with Crippen LogP contribution in [0.4, 0.5) is 5.69 Å². The third-order valence-corrected chi connectivity index (χ3v) is 3.97. The number of carbonyl (C=O) groups is 2. The number of nitrogens with one attached hydrogen (secondary N) is 1. The van der Waals surface area contributed by atoms with Crippen molar-refractivity contribution in [2.45, 2.75) is 11.7 Å². The van der Waals surface area contributed by atoms with Crippen LogP contribution in [0.3, 0.4) is 0 Å². The molecule has 1 aliphatic rings. The topological polar surface area (TPSA) is 94.4 Å². The molecule has 0 saturated carbocycles. The summed E-state index contributed by atoms with van der Waals surface area (Å²) in [7, 11) is 3.92. The van der Waals surface area contributed by atoms with Gasteiger partial charge in [-0.25, -0.2) is 10.4 Å². The Labute approximate surface area is 132 Å². The fraction of sp³-hybridized carbons (Fsp3) is 0.286. The van der Waals surface area contributed by atoms with Crippen molar-refractivity contribution in [1.29, 1.82) is 0 Å². The highest BCUT2D eigenvalue weighted by Gasteiger charge is 2.27. The number of anilines is 1. The van der Waals surface area contributed by atoms with Crippen LogP contribution in [0, 0.1) is 0 Å². The van der Waals surface area contributed by atoms with Crippen LogP contribution in [0.2, 0.25) is 0 Å². The van der Waals surface area contributed by atoms with E-state index in [2.05, 4.69) is 15.5 Å². The van der Waals surface area contributed by atoms with E-state index in [0.717, 1.165) is 23.0 Å². The summed E-state index contributed by atoms with van der Waals surface area (Å²) in [4.78, 5) is 28.4. The molecule has 0 unspecified atom stereocenters. The lowest BCUT2D eigenvalue weighted by Gasteiger charge is -2.16. The third kappa shape index (κ3) is 4.32. The number of carboxylic acid groups (broad SMARTS) is 1. The van der Waals surface area contributed by atoms with Gasteiger partial charge in [0.15, 0.2) is 0 Å². The molecule has 8 heteroatoms. The van der Waals surface area contributed by atoms with Crippen molar-refractivity contribution in [2.24, 2.45) is 10.1 Å². The molecule has 1 aromatic rings. The molecule has 2 N–H and O–H groups in total. The van der Waals surface area contributed by atoms with Crippen molar-refractivity contribution in [3.63, 3.8) is 0 Å². The number of benzene rings is 1. The summed E-state index contributed by atoms with van der Waals surface area (Å²) in [5.74, 6) is -1.45. The Morgan fingerprint density at radius 2 is 2.14 bits per heavy atom. The minimum atomic E-state index is -1.03. The Bertz CT molecular complexity index is 625. The zero-order valence-corrected chi connectivity index (χ0v) is 13.0. The first-order valence-corrected chi connectivity index (χ1v) is 7.41. The summed E-state index contributed by atoms with van der Waals surface area (Å²) in [6.07, 6.45) is 1.36. The normalized spacial score (nSPS) is 18.0. The molecule has 7 nitrogen and oxygen atoms in total. The van der Waals surface area contributed by atoms with Gasteiger partial charge in [-0.2, -0.15) is 0 Å². The summed E-state index contributed by atoms with van der Waals surface area (Å²) in [5.41, 5.74) is 4.26. The maximum absolute atomic E-state index is 11.5. The van der Waals surface area contributed by atoms with Gasteiger partial charge in [-0.05, 0) is 17.7 Å². The molecule has 0 spiro atoms. The molecule has 1 heterocycles. The molecule has 22 heavy (non-hydrogen) atoms. The molecule has 1 amide bonds. The molecule has 116 valence electrons. The number of thioether (sulfide) groups is 1. The number of amidine groups is 1. The summed E-state index contributed by atoms with van der Waals surface area (Å²) in [5, 5.41) is 12.2. The SMILES string of the molecule is CN(C)c1ccc(C=NC2=NNC(=O)[C@H](CC(=O)O)S2)cc1. The number of aliphatic carboxylic acids is 1. The molecule has 0 aliphatic carbocycles. The molecular weight excluding hydrogens is 304 g/mol. The van der Waals surface area contributed by atoms with E-state index in [-0.39, 0.29) is 6.42 Å². The van der Waals surface area contributed by atoms with Gasteiger partial charge in [-0.1, -0.05) is 23.9 Å². The number of rotatable bonds is 4. The standard InChI is InChI=1S/C14H16N4O3S/c1-18(2)10-5-3-9(4-6-10)8-15-14-17-16-13(21)11(22-14)7-12(19)20/h3-6,8,11H,7H2,1-2H3,(H,16,21)(H,19,20)/t11-/m0/s1. The second-order valence-corrected chi connectivity index (χ2v) is 5.99. The smallest absolute Gasteiger partial charge is 0.305 e. The molecule has 1 aromatic carbocycles. The van der Waals surface area contributed by atoms with Crippen LogP contribution in [0.25, 0.3) is 0 Å². The predicted molar refractivity (Wildman–Crippen MR) is 87.6 cm³/mol. The largest absolute Gasteiger partial charge is 0.481 e. The molecule has 1 aliphatic heterocycles. The van der Waals surface area contributed by atoms with Crippen molar-refractivity contribution >= 4 is 40.7 Å². The van der Waals surface area contributed by atoms with Crippen LogP contribution in [-0.4, -0.2) is 47.7 Å². The Morgan fingerprint density at radius 1 is 1.45 bits per heavy atom. The van der Waals surface area contributed by atoms with Crippen LogP contribution in [-0.2, 0) is 9.59 Å². The van der Waals surface area contributed by atoms with Crippen LogP contribution in [0.1, 0.15) is 12.0 Å². The summed E-state index contributed by atoms with van der Waals surface area (Å²) >= 11 is 1.05. The molecule has 1 atom stereocenters. The van der Waals surface area contributed by atoms with E-state index in [1.54, 1.807) is 6.21 Å². The van der Waals surface area contributed by atoms with E-state index in [4.69, 9.17) is 5.11 Å². The lowest BCUT2D eigenvalue weighted by molar-refractivity contribution is -0.138. The van der Waals surface area contributed by atoms with Crippen molar-refractivity contribution < 1.29 is 14.7 Å². The van der Waals surface area contributed by atoms with Crippen molar-refractivity contribution in [2.75, 3.05) is 19.0 Å². The number of hydrogen-bond acceptors (Lipinski definition) is 6. The maximum atomic E-state index is 11.5. The van der Waals surface area contributed by atoms with Gasteiger partial charge >= 0.3 is 5.97 Å². The first-order chi connectivity index (χ1) is 10.5. The summed E-state index contributed by atoms with van der Waals surface area (Å²) < 4.78 is 0. The summed E-state index contributed by atoms with van der Waals surface area (Å²) in [6.45, 7) is 0. The van der Waals surface area contributed by atoms with Gasteiger partial charge in [0, 0.05) is 26.0 Å². The second-order valence-electron chi connectivity index (χ2n) is 4.82. The van der Waals surface area contributed by atoms with Gasteiger partial charge in [0.2, 0.25) is 5.17 Å². The van der Waals surface area contributed by atoms with Crippen LogP contribution < -0.4 is 10.3 Å². The second kappa shape index (κ2) is 7.08. The monoisotopic (exact) mass is 320 g/mol. The van der Waals surface area contributed by atoms with Gasteiger partial charge in [0.25, 0.3) is 5.91 Å². The Balaban J connectivity index is 2.03. The van der Waals surface area contributed by atoms with E-state index in [0.29, 0.717) is 5.17 Å². The fourth-order valence-corrected chi connectivity index (χ4v) is 2.57. The van der Waals surface area contributed by atoms with E-state index in [1.807, 2.05) is 43.3 Å². The molecular formula is C14H16N4O3S. The van der Waals surface area contributed by atoms with E-state index in [9.17, 15) is 9.59 Å². The minimum absolute atomic E-state index is 0.261. The molecule has 0 bridgehead atoms. The first-order valence-electron chi connectivity index (χ1n) is 6.53. The average Bonchev–Trinajstić information content (AvgIpc) is 2.48. The number of nitrogens with zero attached hydrogens (tertiary/aromatic N) is 3. The van der Waals surface area contributed by atoms with Crippen LogP contribution in [0.5, 0.6) is 0 Å². The van der Waals surface area contributed by atoms with Gasteiger partial charge in [0.1, 0.15) is 5.25 Å². The average molecular weight is 320 g/mol. The molecule has 0 radical (unpaired) electrons. The Hall–Kier alpha value is -2.35. The fourth-order valence-electron chi connectivity index (χ4n) is 1.72. The third-order valence-electron chi connectivity index (χ3n) is 2.90. The minimum Gasteiger partial charge on any atom is -0.481 e. The zero-order valence-electron chi connectivity index (χ0n) is 12.2. The zero-order chi connectivity index (χ0) is 16.1. The maximum Gasteiger partial charge on any atom is 0.305 e. The van der Waals surface area contributed by atoms with E-state index >= 15 is 0 Å². The quantitative estimate of drug-likeness (QED) is 0.812. The van der Waals surface area contributed by atoms with Crippen LogP contribution >= 0.6 is 11.8 Å². The van der Waals surface area contributed by atoms with Gasteiger partial charge in [-0.3, -0.25) is 9.59 Å². The molecule has 0 fully saturated rings. The number of aliphatic imine (C=N–C) groups is 1. The highest BCUT2D eigenvalue weighted by Crippen LogP contribution is 2.21. The van der Waals surface area contributed by atoms with Crippen molar-refractivity contribution in [3.8, 4) is 0 Å². The number of hydrazone groups is 1. The Morgan fingerprint density at radius 3 is 2.73 bits per heavy atom. The van der Waals surface area contributed by atoms with Gasteiger partial charge < -0.3 is 10.0 Å². The molecule has 0 aromatic heterocycles. The Kier molecular flexibility index (Phi) is 5.16. The highest BCUT2D eigenvalue weighted by atomic mass is 32.2. The molecule has 2 rings (SSSR count). The first kappa shape index (κ1) is 16.0. The summed E-state index contributed by atoms with van der Waals surface area (Å²) in [6, 6.07) is 7.76. The highest BCUT2D eigenvalue weighted by molar-refractivity contribution is 8.15.